The van der Waals surface area contributed by atoms with Gasteiger partial charge in [-0.05, 0) is 38.2 Å². The Morgan fingerprint density at radius 2 is 1.79 bits per heavy atom. The summed E-state index contributed by atoms with van der Waals surface area (Å²) in [4.78, 5) is 11.7. The smallest absolute Gasteiger partial charge is 0.176 e. The van der Waals surface area contributed by atoms with Crippen LogP contribution >= 0.6 is 0 Å². The topological polar surface area (TPSA) is 32.7 Å². The number of carbonyl (C=O) groups is 1. The molecule has 0 aromatic heterocycles. The molecule has 1 aromatic carbocycles. The lowest BCUT2D eigenvalue weighted by molar-refractivity contribution is -0.111. The summed E-state index contributed by atoms with van der Waals surface area (Å²) in [5.41, 5.74) is 1.74. The molecule has 4 heteroatoms. The van der Waals surface area contributed by atoms with Crippen LogP contribution in [0.5, 0.6) is 0 Å². The van der Waals surface area contributed by atoms with Gasteiger partial charge >= 0.3 is 0 Å². The van der Waals surface area contributed by atoms with Gasteiger partial charge in [-0.3, -0.25) is 9.47 Å². The molecular formula is C15H24N2OSi. The van der Waals surface area contributed by atoms with Crippen LogP contribution in [0.15, 0.2) is 35.4 Å². The summed E-state index contributed by atoms with van der Waals surface area (Å²) in [6.45, 7) is 10.4. The van der Waals surface area contributed by atoms with E-state index in [4.69, 9.17) is 0 Å². The monoisotopic (exact) mass is 276 g/mol. The van der Waals surface area contributed by atoms with Crippen LogP contribution in [0.4, 0.5) is 5.69 Å². The van der Waals surface area contributed by atoms with Crippen molar-refractivity contribution in [1.29, 1.82) is 0 Å². The molecule has 0 aliphatic rings. The van der Waals surface area contributed by atoms with Gasteiger partial charge in [0.05, 0.1) is 0 Å². The Kier molecular flexibility index (Phi) is 5.48. The number of hydrogen-bond acceptors (Lipinski definition) is 3. The summed E-state index contributed by atoms with van der Waals surface area (Å²) in [7, 11) is -1.67. The highest BCUT2D eigenvalue weighted by Gasteiger charge is 2.25. The zero-order valence-corrected chi connectivity index (χ0v) is 13.6. The maximum Gasteiger partial charge on any atom is 0.176 e. The zero-order valence-electron chi connectivity index (χ0n) is 12.6. The van der Waals surface area contributed by atoms with Gasteiger partial charge in [0.2, 0.25) is 0 Å². The molecule has 0 atom stereocenters. The molecule has 0 aliphatic heterocycles. The van der Waals surface area contributed by atoms with Crippen LogP contribution in [-0.4, -0.2) is 19.7 Å². The number of carbonyl (C=O) groups excluding carboxylic acids is 1. The molecule has 0 aliphatic carbocycles. The van der Waals surface area contributed by atoms with E-state index in [9.17, 15) is 4.79 Å². The molecule has 0 saturated heterocycles. The van der Waals surface area contributed by atoms with Crippen molar-refractivity contribution in [3.05, 3.63) is 30.3 Å². The van der Waals surface area contributed by atoms with E-state index in [1.807, 2.05) is 30.3 Å². The number of Topliss-reactive ketones (excluding diaryl/α,β-unsaturated/α-hetero) is 1. The molecule has 0 amide bonds. The van der Waals surface area contributed by atoms with Crippen LogP contribution in [-0.2, 0) is 4.79 Å². The lowest BCUT2D eigenvalue weighted by Crippen LogP contribution is -2.43. The first-order chi connectivity index (χ1) is 8.86. The van der Waals surface area contributed by atoms with Gasteiger partial charge in [-0.2, -0.15) is 5.10 Å². The highest BCUT2D eigenvalue weighted by molar-refractivity contribution is 6.79. The Morgan fingerprint density at radius 3 is 2.21 bits per heavy atom. The van der Waals surface area contributed by atoms with E-state index in [0.717, 1.165) is 18.5 Å². The summed E-state index contributed by atoms with van der Waals surface area (Å²) in [5.74, 6) is 0.0704. The van der Waals surface area contributed by atoms with E-state index < -0.39 is 8.24 Å². The van der Waals surface area contributed by atoms with Crippen molar-refractivity contribution in [2.45, 2.75) is 46.3 Å². The van der Waals surface area contributed by atoms with E-state index in [-0.39, 0.29) is 5.78 Å². The molecule has 0 heterocycles. The summed E-state index contributed by atoms with van der Waals surface area (Å²) in [6, 6.07) is 10.1. The molecule has 0 unspecified atom stereocenters. The number of hydrazone groups is 1. The average molecular weight is 276 g/mol. The maximum absolute atomic E-state index is 11.7. The second-order valence-electron chi connectivity index (χ2n) is 5.67. The van der Waals surface area contributed by atoms with Gasteiger partial charge in [-0.25, -0.2) is 0 Å². The number of ketones is 1. The van der Waals surface area contributed by atoms with Crippen molar-refractivity contribution in [3.63, 3.8) is 0 Å². The summed E-state index contributed by atoms with van der Waals surface area (Å²) < 4.78 is 2.07. The van der Waals surface area contributed by atoms with Gasteiger partial charge in [-0.15, -0.1) is 0 Å². The van der Waals surface area contributed by atoms with Crippen molar-refractivity contribution in [2.75, 3.05) is 4.67 Å². The third-order valence-corrected chi connectivity index (χ3v) is 4.38. The van der Waals surface area contributed by atoms with Crippen molar-refractivity contribution < 1.29 is 4.79 Å². The molecule has 0 radical (unpaired) electrons. The molecule has 1 rings (SSSR count). The van der Waals surface area contributed by atoms with Crippen molar-refractivity contribution >= 4 is 25.4 Å². The predicted octanol–water partition coefficient (Wildman–Crippen LogP) is 4.07. The van der Waals surface area contributed by atoms with Gasteiger partial charge in [0.1, 0.15) is 5.71 Å². The first kappa shape index (κ1) is 15.6. The molecule has 0 N–H and O–H groups in total. The summed E-state index contributed by atoms with van der Waals surface area (Å²) in [5, 5.41) is 4.67. The van der Waals surface area contributed by atoms with Gasteiger partial charge in [0.15, 0.2) is 14.0 Å². The predicted molar refractivity (Wildman–Crippen MR) is 85.3 cm³/mol. The minimum atomic E-state index is -1.67. The Hall–Kier alpha value is -1.42. The van der Waals surface area contributed by atoms with E-state index in [1.165, 1.54) is 0 Å². The fourth-order valence-corrected chi connectivity index (χ4v) is 3.16. The Balaban J connectivity index is 3.19. The molecule has 3 nitrogen and oxygen atoms in total. The third kappa shape index (κ3) is 4.63. The first-order valence-corrected chi connectivity index (χ1v) is 10.2. The lowest BCUT2D eigenvalue weighted by atomic mass is 10.2. The number of benzene rings is 1. The van der Waals surface area contributed by atoms with E-state index in [1.54, 1.807) is 6.92 Å². The minimum Gasteiger partial charge on any atom is -0.295 e. The largest absolute Gasteiger partial charge is 0.295 e. The van der Waals surface area contributed by atoms with Gasteiger partial charge in [-0.1, -0.05) is 31.5 Å². The van der Waals surface area contributed by atoms with Crippen molar-refractivity contribution in [2.24, 2.45) is 5.10 Å². The maximum atomic E-state index is 11.7. The van der Waals surface area contributed by atoms with Crippen LogP contribution in [0, 0.1) is 0 Å². The number of rotatable bonds is 6. The Bertz CT molecular complexity index is 449. The second kappa shape index (κ2) is 6.66. The highest BCUT2D eigenvalue weighted by Crippen LogP contribution is 2.22. The molecule has 0 bridgehead atoms. The quantitative estimate of drug-likeness (QED) is 0.445. The van der Waals surface area contributed by atoms with Crippen LogP contribution in [0.25, 0.3) is 0 Å². The van der Waals surface area contributed by atoms with Gasteiger partial charge in [0.25, 0.3) is 0 Å². The molecule has 19 heavy (non-hydrogen) atoms. The second-order valence-corrected chi connectivity index (χ2v) is 10.4. The molecule has 0 fully saturated rings. The molecular weight excluding hydrogens is 252 g/mol. The van der Waals surface area contributed by atoms with Crippen LogP contribution in [0.1, 0.15) is 26.7 Å². The number of anilines is 1. The highest BCUT2D eigenvalue weighted by atomic mass is 28.3. The Labute approximate surface area is 117 Å². The fraction of sp³-hybridized carbons (Fsp3) is 0.467. The standard InChI is InChI=1S/C15H24N2OSi/c1-6-10-15(13(2)18)16-17(19(3,4)5)14-11-8-7-9-12-14/h7-9,11-12H,6,10H2,1-5H3/b16-15+. The Morgan fingerprint density at radius 1 is 1.21 bits per heavy atom. The van der Waals surface area contributed by atoms with Crippen LogP contribution < -0.4 is 4.67 Å². The molecule has 1 aromatic rings. The average Bonchev–Trinajstić information content (AvgIpc) is 2.33. The molecule has 0 saturated carbocycles. The number of hydrogen-bond donors (Lipinski definition) is 0. The molecule has 104 valence electrons. The van der Waals surface area contributed by atoms with E-state index in [2.05, 4.69) is 36.3 Å². The van der Waals surface area contributed by atoms with Crippen molar-refractivity contribution in [3.8, 4) is 0 Å². The lowest BCUT2D eigenvalue weighted by Gasteiger charge is -2.32. The normalized spacial score (nSPS) is 12.4. The van der Waals surface area contributed by atoms with Crippen molar-refractivity contribution in [1.82, 2.24) is 0 Å². The van der Waals surface area contributed by atoms with Gasteiger partial charge < -0.3 is 0 Å². The zero-order chi connectivity index (χ0) is 14.5. The first-order valence-electron chi connectivity index (χ1n) is 6.80. The molecule has 0 spiro atoms. The number of para-hydroxylation sites is 1. The summed E-state index contributed by atoms with van der Waals surface area (Å²) >= 11 is 0. The van der Waals surface area contributed by atoms with Crippen LogP contribution in [0.3, 0.4) is 0 Å². The van der Waals surface area contributed by atoms with Gasteiger partial charge in [0, 0.05) is 12.6 Å². The SMILES string of the molecule is CCC/C(=N\N(c1ccccc1)[Si](C)(C)C)C(C)=O. The summed E-state index contributed by atoms with van der Waals surface area (Å²) in [6.07, 6.45) is 1.68. The number of nitrogens with zero attached hydrogens (tertiary/aromatic N) is 2. The third-order valence-electron chi connectivity index (χ3n) is 2.75. The van der Waals surface area contributed by atoms with Crippen LogP contribution in [0.2, 0.25) is 19.6 Å². The fourth-order valence-electron chi connectivity index (χ4n) is 1.82. The van der Waals surface area contributed by atoms with E-state index >= 15 is 0 Å². The minimum absolute atomic E-state index is 0.0704. The van der Waals surface area contributed by atoms with E-state index in [0.29, 0.717) is 5.71 Å².